The molecule has 234 valence electrons. The first-order valence-electron chi connectivity index (χ1n) is 14.0. The molecular weight excluding hydrogens is 540 g/mol. The van der Waals surface area contributed by atoms with Crippen molar-refractivity contribution in [3.8, 4) is 0 Å². The number of carbonyl (C=O) groups excluding carboxylic acids is 5. The summed E-state index contributed by atoms with van der Waals surface area (Å²) in [7, 11) is 0. The average Bonchev–Trinajstić information content (AvgIpc) is 3.12. The summed E-state index contributed by atoms with van der Waals surface area (Å²) in [6, 6.07) is -5.49. The number of fused-ring (bicyclic) bond motifs is 1. The first kappa shape index (κ1) is 34.2. The minimum Gasteiger partial charge on any atom is -0.458 e. The Hall–Kier alpha value is -2.99. The molecular formula is C28H47F2N5O6. The number of piperidine rings is 1. The molecule has 0 radical (unpaired) electrons. The lowest BCUT2D eigenvalue weighted by Gasteiger charge is -2.38. The molecule has 6 atom stereocenters. The van der Waals surface area contributed by atoms with Crippen molar-refractivity contribution >= 4 is 29.7 Å². The molecule has 1 aliphatic carbocycles. The Kier molecular flexibility index (Phi) is 10.1. The van der Waals surface area contributed by atoms with E-state index in [0.29, 0.717) is 0 Å². The summed E-state index contributed by atoms with van der Waals surface area (Å²) in [5.74, 6) is -3.62. The van der Waals surface area contributed by atoms with Crippen LogP contribution in [0.15, 0.2) is 0 Å². The second-order valence-corrected chi connectivity index (χ2v) is 14.2. The molecule has 0 spiro atoms. The number of hydrogen-bond donors (Lipinski definition) is 4. The van der Waals surface area contributed by atoms with Crippen molar-refractivity contribution in [2.45, 2.75) is 112 Å². The van der Waals surface area contributed by atoms with Gasteiger partial charge < -0.3 is 31.3 Å². The Morgan fingerprint density at radius 1 is 1.00 bits per heavy atom. The number of esters is 1. The largest absolute Gasteiger partial charge is 0.458 e. The van der Waals surface area contributed by atoms with Gasteiger partial charge in [0.2, 0.25) is 24.1 Å². The molecule has 1 saturated carbocycles. The Bertz CT molecular complexity index is 1040. The van der Waals surface area contributed by atoms with Gasteiger partial charge in [0.05, 0.1) is 0 Å². The van der Waals surface area contributed by atoms with Gasteiger partial charge in [-0.2, -0.15) is 0 Å². The molecule has 2 aliphatic rings. The monoisotopic (exact) mass is 587 g/mol. The third-order valence-corrected chi connectivity index (χ3v) is 7.84. The van der Waals surface area contributed by atoms with Gasteiger partial charge in [0.25, 0.3) is 0 Å². The van der Waals surface area contributed by atoms with Crippen LogP contribution in [0.2, 0.25) is 0 Å². The van der Waals surface area contributed by atoms with Gasteiger partial charge >= 0.3 is 12.0 Å². The number of nitrogens with two attached hydrogens (primary N) is 1. The van der Waals surface area contributed by atoms with Crippen LogP contribution < -0.4 is 21.7 Å². The van der Waals surface area contributed by atoms with Crippen molar-refractivity contribution in [2.75, 3.05) is 6.54 Å². The molecule has 13 heteroatoms. The van der Waals surface area contributed by atoms with E-state index >= 15 is 0 Å². The number of carbonyl (C=O) groups is 5. The maximum absolute atomic E-state index is 14.0. The zero-order valence-corrected chi connectivity index (χ0v) is 25.8. The zero-order chi connectivity index (χ0) is 31.8. The average molecular weight is 588 g/mol. The summed E-state index contributed by atoms with van der Waals surface area (Å²) >= 11 is 0. The van der Waals surface area contributed by atoms with E-state index in [0.717, 1.165) is 0 Å². The highest BCUT2D eigenvalue weighted by molar-refractivity contribution is 5.96. The van der Waals surface area contributed by atoms with Crippen LogP contribution in [0.4, 0.5) is 13.6 Å². The predicted molar refractivity (Wildman–Crippen MR) is 147 cm³/mol. The number of likely N-dealkylation sites (tertiary alicyclic amines) is 1. The van der Waals surface area contributed by atoms with Crippen LogP contribution in [-0.4, -0.2) is 77.4 Å². The molecule has 1 heterocycles. The van der Waals surface area contributed by atoms with Gasteiger partial charge in [0.1, 0.15) is 29.8 Å². The van der Waals surface area contributed by atoms with E-state index in [1.165, 1.54) is 4.90 Å². The van der Waals surface area contributed by atoms with E-state index in [4.69, 9.17) is 10.5 Å². The lowest BCUT2D eigenvalue weighted by atomic mass is 9.85. The van der Waals surface area contributed by atoms with Crippen LogP contribution in [0.5, 0.6) is 0 Å². The molecule has 5 amide bonds. The third-order valence-electron chi connectivity index (χ3n) is 7.84. The van der Waals surface area contributed by atoms with E-state index < -0.39 is 77.8 Å². The first-order chi connectivity index (χ1) is 18.5. The highest BCUT2D eigenvalue weighted by atomic mass is 19.3. The Labute approximate surface area is 241 Å². The van der Waals surface area contributed by atoms with E-state index in [1.807, 2.05) is 13.8 Å². The molecule has 2 rings (SSSR count). The first-order valence-corrected chi connectivity index (χ1v) is 14.0. The van der Waals surface area contributed by atoms with E-state index in [9.17, 15) is 32.8 Å². The number of alkyl halides is 2. The van der Waals surface area contributed by atoms with Crippen molar-refractivity contribution in [1.82, 2.24) is 20.9 Å². The van der Waals surface area contributed by atoms with Gasteiger partial charge in [-0.15, -0.1) is 0 Å². The van der Waals surface area contributed by atoms with Gasteiger partial charge in [-0.05, 0) is 49.4 Å². The Morgan fingerprint density at radius 2 is 1.56 bits per heavy atom. The van der Waals surface area contributed by atoms with Gasteiger partial charge in [0.15, 0.2) is 0 Å². The van der Waals surface area contributed by atoms with Gasteiger partial charge in [-0.25, -0.2) is 18.4 Å². The SMILES string of the molecule is CC(C)C(NC(=O)N[C@H](C(=O)N1CC2C([C@H]1C(=O)N[C@@H](CC(F)F)C(N)=O)C2(C)C)C(C)(C)C)C(=O)OC(C)(C)C. The van der Waals surface area contributed by atoms with E-state index in [1.54, 1.807) is 55.4 Å². The van der Waals surface area contributed by atoms with Crippen LogP contribution in [0.1, 0.15) is 75.7 Å². The number of primary amides is 1. The molecule has 0 aromatic carbocycles. The standard InChI is InChI=1S/C28H47F2N5O6/c1-13(2)18(24(39)41-27(6,7)8)33-25(40)34-20(26(3,4)5)23(38)35-12-14-17(28(14,9)10)19(35)22(37)32-15(21(31)36)11-16(29)30/h13-20H,11-12H2,1-10H3,(H2,31,36)(H,32,37)(H2,33,34,40)/t14?,15-,17?,18?,19-,20+/m0/s1. The molecule has 0 aromatic heterocycles. The summed E-state index contributed by atoms with van der Waals surface area (Å²) in [6.45, 7) is 18.0. The second-order valence-electron chi connectivity index (χ2n) is 14.2. The highest BCUT2D eigenvalue weighted by Gasteiger charge is 2.69. The Morgan fingerprint density at radius 3 is 2.00 bits per heavy atom. The molecule has 1 aliphatic heterocycles. The zero-order valence-electron chi connectivity index (χ0n) is 25.8. The molecule has 5 N–H and O–H groups in total. The van der Waals surface area contributed by atoms with Crippen LogP contribution in [-0.2, 0) is 23.9 Å². The minimum absolute atomic E-state index is 0.0312. The summed E-state index contributed by atoms with van der Waals surface area (Å²) in [4.78, 5) is 66.3. The van der Waals surface area contributed by atoms with Crippen molar-refractivity contribution in [1.29, 1.82) is 0 Å². The molecule has 1 saturated heterocycles. The summed E-state index contributed by atoms with van der Waals surface area (Å²) in [5.41, 5.74) is 3.37. The maximum atomic E-state index is 14.0. The van der Waals surface area contributed by atoms with Crippen molar-refractivity contribution < 1.29 is 37.5 Å². The number of rotatable bonds is 10. The van der Waals surface area contributed by atoms with Gasteiger partial charge in [-0.3, -0.25) is 14.4 Å². The fourth-order valence-electron chi connectivity index (χ4n) is 5.49. The van der Waals surface area contributed by atoms with Crippen LogP contribution >= 0.6 is 0 Å². The number of ether oxygens (including phenoxy) is 1. The number of nitrogens with zero attached hydrogens (tertiary/aromatic N) is 1. The second kappa shape index (κ2) is 12.1. The lowest BCUT2D eigenvalue weighted by molar-refractivity contribution is -0.158. The third kappa shape index (κ3) is 8.28. The smallest absolute Gasteiger partial charge is 0.329 e. The van der Waals surface area contributed by atoms with Gasteiger partial charge in [0, 0.05) is 13.0 Å². The summed E-state index contributed by atoms with van der Waals surface area (Å²) < 4.78 is 31.5. The molecule has 0 bridgehead atoms. The molecule has 0 aromatic rings. The van der Waals surface area contributed by atoms with Crippen molar-refractivity contribution in [3.05, 3.63) is 0 Å². The number of urea groups is 1. The predicted octanol–water partition coefficient (Wildman–Crippen LogP) is 2.17. The quantitative estimate of drug-likeness (QED) is 0.287. The highest BCUT2D eigenvalue weighted by Crippen LogP contribution is 2.65. The normalized spacial score (nSPS) is 23.8. The molecule has 11 nitrogen and oxygen atoms in total. The molecule has 41 heavy (non-hydrogen) atoms. The van der Waals surface area contributed by atoms with E-state index in [2.05, 4.69) is 16.0 Å². The fraction of sp³-hybridized carbons (Fsp3) is 0.821. The van der Waals surface area contributed by atoms with Crippen LogP contribution in [0, 0.1) is 28.6 Å². The molecule has 3 unspecified atom stereocenters. The maximum Gasteiger partial charge on any atom is 0.329 e. The van der Waals surface area contributed by atoms with Crippen molar-refractivity contribution in [3.63, 3.8) is 0 Å². The number of halogens is 2. The number of hydrogen-bond acceptors (Lipinski definition) is 6. The Balaban J connectivity index is 2.29. The lowest BCUT2D eigenvalue weighted by Crippen LogP contribution is -2.62. The van der Waals surface area contributed by atoms with Crippen molar-refractivity contribution in [2.24, 2.45) is 34.3 Å². The van der Waals surface area contributed by atoms with Crippen LogP contribution in [0.25, 0.3) is 0 Å². The number of amides is 5. The number of nitrogens with one attached hydrogen (secondary N) is 3. The molecule has 2 fully saturated rings. The van der Waals surface area contributed by atoms with E-state index in [-0.39, 0.29) is 29.7 Å². The van der Waals surface area contributed by atoms with Crippen LogP contribution in [0.3, 0.4) is 0 Å². The summed E-state index contributed by atoms with van der Waals surface area (Å²) in [5, 5.41) is 7.61. The topological polar surface area (TPSA) is 160 Å². The summed E-state index contributed by atoms with van der Waals surface area (Å²) in [6.07, 6.45) is -3.82. The fourth-order valence-corrected chi connectivity index (χ4v) is 5.49. The van der Waals surface area contributed by atoms with Gasteiger partial charge in [-0.1, -0.05) is 48.5 Å². The minimum atomic E-state index is -2.87.